The topological polar surface area (TPSA) is 98.8 Å². The first-order valence-corrected chi connectivity index (χ1v) is 13.8. The van der Waals surface area contributed by atoms with Crippen LogP contribution in [-0.4, -0.2) is 38.4 Å². The molecule has 0 fully saturated rings. The minimum atomic E-state index is -0.573. The van der Waals surface area contributed by atoms with Crippen LogP contribution in [0.5, 0.6) is 34.5 Å². The number of carbonyl (C=O) groups is 2. The number of hydrogen-bond acceptors (Lipinski definition) is 11. The number of esters is 2. The molecule has 0 N–H and O–H groups in total. The molecule has 212 valence electrons. The van der Waals surface area contributed by atoms with Crippen LogP contribution < -0.4 is 28.4 Å². The van der Waals surface area contributed by atoms with Gasteiger partial charge in [-0.25, -0.2) is 13.2 Å². The van der Waals surface area contributed by atoms with E-state index in [1.807, 2.05) is 27.7 Å². The Morgan fingerprint density at radius 3 is 1.26 bits per heavy atom. The molecule has 0 heterocycles. The third kappa shape index (κ3) is 8.87. The average Bonchev–Trinajstić information content (AvgIpc) is 2.89. The van der Waals surface area contributed by atoms with Crippen LogP contribution in [0.2, 0.25) is 0 Å². The number of rotatable bonds is 16. The zero-order chi connectivity index (χ0) is 28.9. The molecule has 0 amide bonds. The molecular weight excluding hydrogens is 544 g/mol. The van der Waals surface area contributed by atoms with Gasteiger partial charge < -0.3 is 28.4 Å². The molecule has 11 heteroatoms. The molecule has 0 aliphatic heterocycles. The highest BCUT2D eigenvalue weighted by Crippen LogP contribution is 2.49. The normalized spacial score (nSPS) is 10.4. The van der Waals surface area contributed by atoms with E-state index in [0.29, 0.717) is 47.7 Å². The fraction of sp³-hybridized carbons (Fsp3) is 0.357. The number of hydrogen-bond donors (Lipinski definition) is 0. The SMILES string of the molecule is C=C(C)C(=O)Oc1ccc(SOSc2ccc(OC(=O)C(=C)C)c(OCC)c2OCC)c(OCC)c1OCC. The summed E-state index contributed by atoms with van der Waals surface area (Å²) in [5.74, 6) is 0.594. The van der Waals surface area contributed by atoms with Crippen LogP contribution in [-0.2, 0) is 13.2 Å². The summed E-state index contributed by atoms with van der Waals surface area (Å²) < 4.78 is 40.0. The van der Waals surface area contributed by atoms with Crippen LogP contribution >= 0.6 is 24.1 Å². The lowest BCUT2D eigenvalue weighted by atomic mass is 10.3. The van der Waals surface area contributed by atoms with E-state index < -0.39 is 11.9 Å². The van der Waals surface area contributed by atoms with Gasteiger partial charge in [0.1, 0.15) is 0 Å². The van der Waals surface area contributed by atoms with Crippen molar-refractivity contribution in [2.24, 2.45) is 0 Å². The predicted molar refractivity (Wildman–Crippen MR) is 151 cm³/mol. The Bertz CT molecular complexity index is 1100. The monoisotopic (exact) mass is 578 g/mol. The number of benzene rings is 2. The molecule has 0 aromatic heterocycles. The Morgan fingerprint density at radius 2 is 0.949 bits per heavy atom. The maximum absolute atomic E-state index is 12.1. The van der Waals surface area contributed by atoms with Crippen LogP contribution in [0.3, 0.4) is 0 Å². The molecule has 0 unspecified atom stereocenters. The molecule has 0 spiro atoms. The molecule has 2 rings (SSSR count). The van der Waals surface area contributed by atoms with Crippen LogP contribution in [0.25, 0.3) is 0 Å². The molecule has 2 aromatic rings. The highest BCUT2D eigenvalue weighted by molar-refractivity contribution is 8.08. The molecule has 39 heavy (non-hydrogen) atoms. The minimum absolute atomic E-state index is 0.213. The molecule has 0 saturated heterocycles. The summed E-state index contributed by atoms with van der Waals surface area (Å²) >= 11 is 2.05. The van der Waals surface area contributed by atoms with Gasteiger partial charge in [-0.1, -0.05) is 13.2 Å². The van der Waals surface area contributed by atoms with Crippen molar-refractivity contribution in [3.8, 4) is 34.5 Å². The van der Waals surface area contributed by atoms with Crippen molar-refractivity contribution in [1.29, 1.82) is 0 Å². The molecular formula is C28H34O9S2. The molecule has 9 nitrogen and oxygen atoms in total. The molecule has 0 aliphatic carbocycles. The minimum Gasteiger partial charge on any atom is -0.489 e. The summed E-state index contributed by atoms with van der Waals surface area (Å²) in [5.41, 5.74) is 0.510. The van der Waals surface area contributed by atoms with E-state index in [1.54, 1.807) is 38.1 Å². The van der Waals surface area contributed by atoms with Crippen molar-refractivity contribution in [2.75, 3.05) is 26.4 Å². The van der Waals surface area contributed by atoms with Gasteiger partial charge in [0.15, 0.2) is 23.0 Å². The van der Waals surface area contributed by atoms with Crippen molar-refractivity contribution in [2.45, 2.75) is 51.3 Å². The van der Waals surface area contributed by atoms with Crippen molar-refractivity contribution in [3.63, 3.8) is 0 Å². The van der Waals surface area contributed by atoms with E-state index in [0.717, 1.165) is 24.1 Å². The molecule has 0 atom stereocenters. The summed E-state index contributed by atoms with van der Waals surface area (Å²) in [6.45, 7) is 19.0. The lowest BCUT2D eigenvalue weighted by Crippen LogP contribution is -2.10. The van der Waals surface area contributed by atoms with Crippen LogP contribution in [0.15, 0.2) is 58.4 Å². The summed E-state index contributed by atoms with van der Waals surface area (Å²) in [4.78, 5) is 25.4. The molecule has 2 aromatic carbocycles. The van der Waals surface area contributed by atoms with Gasteiger partial charge in [0.05, 0.1) is 36.2 Å². The van der Waals surface area contributed by atoms with E-state index in [-0.39, 0.29) is 34.1 Å². The van der Waals surface area contributed by atoms with Crippen molar-refractivity contribution in [1.82, 2.24) is 0 Å². The fourth-order valence-corrected chi connectivity index (χ4v) is 4.36. The lowest BCUT2D eigenvalue weighted by Gasteiger charge is -2.18. The first-order valence-electron chi connectivity index (χ1n) is 12.3. The first kappa shape index (κ1) is 31.9. The summed E-state index contributed by atoms with van der Waals surface area (Å²) in [6, 6.07) is 6.62. The van der Waals surface area contributed by atoms with Crippen molar-refractivity contribution >= 4 is 36.0 Å². The second kappa shape index (κ2) is 16.0. The first-order chi connectivity index (χ1) is 18.7. The van der Waals surface area contributed by atoms with E-state index in [1.165, 1.54) is 0 Å². The Balaban J connectivity index is 2.36. The summed E-state index contributed by atoms with van der Waals surface area (Å²) in [5, 5.41) is 0. The van der Waals surface area contributed by atoms with E-state index in [9.17, 15) is 9.59 Å². The zero-order valence-corrected chi connectivity index (χ0v) is 24.7. The molecule has 0 radical (unpaired) electrons. The van der Waals surface area contributed by atoms with Gasteiger partial charge in [-0.3, -0.25) is 0 Å². The highest BCUT2D eigenvalue weighted by atomic mass is 32.2. The largest absolute Gasteiger partial charge is 0.489 e. The Morgan fingerprint density at radius 1 is 0.615 bits per heavy atom. The van der Waals surface area contributed by atoms with Gasteiger partial charge in [0.2, 0.25) is 11.5 Å². The third-order valence-corrected chi connectivity index (χ3v) is 6.13. The lowest BCUT2D eigenvalue weighted by molar-refractivity contribution is -0.131. The smallest absolute Gasteiger partial charge is 0.338 e. The maximum Gasteiger partial charge on any atom is 0.338 e. The second-order valence-electron chi connectivity index (χ2n) is 7.75. The molecule has 0 aliphatic rings. The van der Waals surface area contributed by atoms with Gasteiger partial charge in [0.25, 0.3) is 0 Å². The van der Waals surface area contributed by atoms with Crippen LogP contribution in [0.1, 0.15) is 41.5 Å². The Kier molecular flexibility index (Phi) is 13.1. The van der Waals surface area contributed by atoms with Crippen LogP contribution in [0, 0.1) is 0 Å². The standard InChI is InChI=1S/C28H34O9S2/c1-9-31-23-19(35-27(29)17(5)6)13-15-21(25(23)33-11-3)38-37-39-22-16-14-20(36-28(30)18(7)8)24(32-10-2)26(22)34-12-4/h13-16H,5,7,9-12H2,1-4,6,8H3. The molecule has 0 saturated carbocycles. The van der Waals surface area contributed by atoms with Gasteiger partial charge in [-0.05, 0) is 65.8 Å². The maximum atomic E-state index is 12.1. The second-order valence-corrected chi connectivity index (χ2v) is 9.50. The van der Waals surface area contributed by atoms with E-state index in [2.05, 4.69) is 13.2 Å². The zero-order valence-electron chi connectivity index (χ0n) is 23.0. The quantitative estimate of drug-likeness (QED) is 0.0893. The Labute approximate surface area is 238 Å². The van der Waals surface area contributed by atoms with Gasteiger partial charge in [-0.15, -0.1) is 0 Å². The number of carbonyl (C=O) groups excluding carboxylic acids is 2. The summed E-state index contributed by atoms with van der Waals surface area (Å²) in [7, 11) is 0. The van der Waals surface area contributed by atoms with Crippen molar-refractivity contribution < 1.29 is 41.6 Å². The van der Waals surface area contributed by atoms with Crippen LogP contribution in [0.4, 0.5) is 0 Å². The summed E-state index contributed by atoms with van der Waals surface area (Å²) in [6.07, 6.45) is 0. The van der Waals surface area contributed by atoms with Gasteiger partial charge in [-0.2, -0.15) is 0 Å². The average molecular weight is 579 g/mol. The fourth-order valence-electron chi connectivity index (χ4n) is 2.93. The molecule has 0 bridgehead atoms. The Hall–Kier alpha value is -3.28. The van der Waals surface area contributed by atoms with Crippen molar-refractivity contribution in [3.05, 3.63) is 48.6 Å². The highest BCUT2D eigenvalue weighted by Gasteiger charge is 2.23. The number of ether oxygens (including phenoxy) is 6. The van der Waals surface area contributed by atoms with E-state index in [4.69, 9.17) is 32.1 Å². The van der Waals surface area contributed by atoms with Gasteiger partial charge >= 0.3 is 11.9 Å². The van der Waals surface area contributed by atoms with Gasteiger partial charge in [0, 0.05) is 35.2 Å². The van der Waals surface area contributed by atoms with E-state index >= 15 is 0 Å². The predicted octanol–water partition coefficient (Wildman–Crippen LogP) is 6.98. The third-order valence-electron chi connectivity index (χ3n) is 4.58.